The lowest BCUT2D eigenvalue weighted by Crippen LogP contribution is -2.34. The van der Waals surface area contributed by atoms with Crippen molar-refractivity contribution in [1.29, 1.82) is 5.26 Å². The van der Waals surface area contributed by atoms with Crippen molar-refractivity contribution >= 4 is 34.2 Å². The van der Waals surface area contributed by atoms with Crippen LogP contribution in [0.2, 0.25) is 10.0 Å². The first-order valence-electron chi connectivity index (χ1n) is 12.3. The summed E-state index contributed by atoms with van der Waals surface area (Å²) in [6.45, 7) is 3.45. The van der Waals surface area contributed by atoms with E-state index in [-0.39, 0.29) is 18.6 Å². The Morgan fingerprint density at radius 3 is 2.84 bits per heavy atom. The van der Waals surface area contributed by atoms with Crippen LogP contribution in [0.5, 0.6) is 5.88 Å². The second-order valence-corrected chi connectivity index (χ2v) is 10.3. The number of hydrogen-bond donors (Lipinski definition) is 0. The Hall–Kier alpha value is -3.29. The molecule has 38 heavy (non-hydrogen) atoms. The predicted octanol–water partition coefficient (Wildman–Crippen LogP) is 5.07. The van der Waals surface area contributed by atoms with E-state index in [4.69, 9.17) is 37.7 Å². The first-order valence-corrected chi connectivity index (χ1v) is 13.1. The molecule has 8 nitrogen and oxygen atoms in total. The molecule has 0 amide bonds. The van der Waals surface area contributed by atoms with Gasteiger partial charge in [-0.15, -0.1) is 0 Å². The molecule has 0 spiro atoms. The summed E-state index contributed by atoms with van der Waals surface area (Å²) in [5, 5.41) is 9.99. The SMILES string of the molecule is N#Cc1cc2nc(CN3CCc4cc(Cl)c(OCc5ccc(Cl)cc5F)nc4C3)n(C[C@@H]3CCO3)c2cn1. The summed E-state index contributed by atoms with van der Waals surface area (Å²) in [5.41, 5.74) is 4.28. The van der Waals surface area contributed by atoms with Crippen LogP contribution in [0.3, 0.4) is 0 Å². The third kappa shape index (κ3) is 5.05. The van der Waals surface area contributed by atoms with Gasteiger partial charge in [-0.2, -0.15) is 5.26 Å². The number of ether oxygens (including phenoxy) is 2. The van der Waals surface area contributed by atoms with Gasteiger partial charge in [0, 0.05) is 36.3 Å². The molecule has 3 aromatic heterocycles. The summed E-state index contributed by atoms with van der Waals surface area (Å²) >= 11 is 12.3. The molecule has 0 N–H and O–H groups in total. The van der Waals surface area contributed by atoms with E-state index in [0.717, 1.165) is 54.1 Å². The molecule has 0 saturated carbocycles. The van der Waals surface area contributed by atoms with E-state index in [1.165, 1.54) is 6.07 Å². The van der Waals surface area contributed by atoms with Gasteiger partial charge in [-0.25, -0.2) is 19.3 Å². The Morgan fingerprint density at radius 1 is 1.21 bits per heavy atom. The van der Waals surface area contributed by atoms with E-state index >= 15 is 0 Å². The van der Waals surface area contributed by atoms with Crippen LogP contribution >= 0.6 is 23.2 Å². The number of nitriles is 1. The van der Waals surface area contributed by atoms with Crippen LogP contribution < -0.4 is 4.74 Å². The third-order valence-electron chi connectivity index (χ3n) is 6.94. The van der Waals surface area contributed by atoms with Gasteiger partial charge in [-0.3, -0.25) is 4.90 Å². The van der Waals surface area contributed by atoms with Gasteiger partial charge in [0.2, 0.25) is 5.88 Å². The van der Waals surface area contributed by atoms with Gasteiger partial charge >= 0.3 is 0 Å². The Labute approximate surface area is 228 Å². The van der Waals surface area contributed by atoms with Crippen LogP contribution in [-0.4, -0.2) is 43.7 Å². The van der Waals surface area contributed by atoms with Gasteiger partial charge in [0.15, 0.2) is 0 Å². The largest absolute Gasteiger partial charge is 0.472 e. The molecule has 1 atom stereocenters. The highest BCUT2D eigenvalue weighted by Gasteiger charge is 2.25. The minimum absolute atomic E-state index is 0.00972. The summed E-state index contributed by atoms with van der Waals surface area (Å²) in [5.74, 6) is 0.718. The molecular formula is C27H23Cl2FN6O2. The molecular weight excluding hydrogens is 530 g/mol. The summed E-state index contributed by atoms with van der Waals surface area (Å²) in [6, 6.07) is 10.1. The van der Waals surface area contributed by atoms with Gasteiger partial charge < -0.3 is 14.0 Å². The lowest BCUT2D eigenvalue weighted by atomic mass is 10.1. The van der Waals surface area contributed by atoms with Gasteiger partial charge in [-0.1, -0.05) is 29.3 Å². The molecule has 194 valence electrons. The van der Waals surface area contributed by atoms with Gasteiger partial charge in [0.05, 0.1) is 42.1 Å². The maximum Gasteiger partial charge on any atom is 0.233 e. The summed E-state index contributed by atoms with van der Waals surface area (Å²) in [4.78, 5) is 16.1. The molecule has 0 unspecified atom stereocenters. The normalized spacial score (nSPS) is 17.2. The first-order chi connectivity index (χ1) is 18.5. The number of aromatic nitrogens is 4. The highest BCUT2D eigenvalue weighted by molar-refractivity contribution is 6.32. The zero-order valence-electron chi connectivity index (χ0n) is 20.3. The molecule has 0 bridgehead atoms. The Morgan fingerprint density at radius 2 is 2.08 bits per heavy atom. The van der Waals surface area contributed by atoms with E-state index in [2.05, 4.69) is 25.5 Å². The highest BCUT2D eigenvalue weighted by Crippen LogP contribution is 2.30. The number of fused-ring (bicyclic) bond motifs is 2. The number of halogens is 3. The number of pyridine rings is 2. The fraction of sp³-hybridized carbons (Fsp3) is 0.333. The van der Waals surface area contributed by atoms with E-state index in [9.17, 15) is 9.65 Å². The van der Waals surface area contributed by atoms with Crippen LogP contribution in [0.4, 0.5) is 4.39 Å². The number of benzene rings is 1. The smallest absolute Gasteiger partial charge is 0.233 e. The lowest BCUT2D eigenvalue weighted by Gasteiger charge is -2.30. The minimum atomic E-state index is -0.440. The number of imidazole rings is 1. The summed E-state index contributed by atoms with van der Waals surface area (Å²) < 4.78 is 27.8. The standard InChI is InChI=1S/C27H23Cl2FN6O2/c28-18-2-1-17(22(30)8-18)15-38-27-21(29)7-16-3-5-35(13-24(16)34-27)14-26-33-23-9-19(10-31)32-11-25(23)36(26)12-20-4-6-37-20/h1-2,7-9,11,20H,3-6,12-15H2/t20-/m0/s1. The zero-order valence-corrected chi connectivity index (χ0v) is 21.8. The van der Waals surface area contributed by atoms with Crippen LogP contribution in [0, 0.1) is 17.1 Å². The van der Waals surface area contributed by atoms with Crippen molar-refractivity contribution in [2.75, 3.05) is 13.2 Å². The van der Waals surface area contributed by atoms with E-state index < -0.39 is 5.82 Å². The Bertz CT molecular complexity index is 1570. The molecule has 4 aromatic rings. The molecule has 0 radical (unpaired) electrons. The Kier molecular flexibility index (Phi) is 6.89. The molecule has 1 saturated heterocycles. The Balaban J connectivity index is 1.22. The van der Waals surface area contributed by atoms with Gasteiger partial charge in [-0.05, 0) is 36.6 Å². The first kappa shape index (κ1) is 25.0. The third-order valence-corrected chi connectivity index (χ3v) is 7.44. The van der Waals surface area contributed by atoms with Crippen molar-refractivity contribution in [2.24, 2.45) is 0 Å². The predicted molar refractivity (Wildman–Crippen MR) is 139 cm³/mol. The van der Waals surface area contributed by atoms with Crippen molar-refractivity contribution in [3.63, 3.8) is 0 Å². The average molecular weight is 553 g/mol. The lowest BCUT2D eigenvalue weighted by molar-refractivity contribution is -0.0592. The number of hydrogen-bond acceptors (Lipinski definition) is 7. The summed E-state index contributed by atoms with van der Waals surface area (Å²) in [6.07, 6.45) is 3.65. The molecule has 11 heteroatoms. The van der Waals surface area contributed by atoms with Crippen LogP contribution in [0.15, 0.2) is 36.5 Å². The molecule has 2 aliphatic heterocycles. The highest BCUT2D eigenvalue weighted by atomic mass is 35.5. The topological polar surface area (TPSA) is 89.1 Å². The fourth-order valence-electron chi connectivity index (χ4n) is 4.78. The maximum absolute atomic E-state index is 14.2. The van der Waals surface area contributed by atoms with Gasteiger partial charge in [0.25, 0.3) is 0 Å². The van der Waals surface area contributed by atoms with Gasteiger partial charge in [0.1, 0.15) is 35.0 Å². The maximum atomic E-state index is 14.2. The quantitative estimate of drug-likeness (QED) is 0.316. The van der Waals surface area contributed by atoms with Crippen LogP contribution in [0.25, 0.3) is 11.0 Å². The fourth-order valence-corrected chi connectivity index (χ4v) is 5.17. The second-order valence-electron chi connectivity index (χ2n) is 9.46. The number of rotatable bonds is 7. The number of nitrogens with zero attached hydrogens (tertiary/aromatic N) is 6. The van der Waals surface area contributed by atoms with Crippen LogP contribution in [0.1, 0.15) is 34.8 Å². The summed E-state index contributed by atoms with van der Waals surface area (Å²) in [7, 11) is 0. The van der Waals surface area contributed by atoms with Crippen molar-refractivity contribution < 1.29 is 13.9 Å². The van der Waals surface area contributed by atoms with E-state index in [0.29, 0.717) is 40.9 Å². The monoisotopic (exact) mass is 552 g/mol. The van der Waals surface area contributed by atoms with Crippen molar-refractivity contribution in [3.8, 4) is 11.9 Å². The van der Waals surface area contributed by atoms with E-state index in [1.807, 2.05) is 6.07 Å². The van der Waals surface area contributed by atoms with Crippen molar-refractivity contribution in [3.05, 3.63) is 80.7 Å². The molecule has 1 aromatic carbocycles. The molecule has 6 rings (SSSR count). The molecule has 5 heterocycles. The van der Waals surface area contributed by atoms with Crippen molar-refractivity contribution in [2.45, 2.75) is 45.2 Å². The minimum Gasteiger partial charge on any atom is -0.472 e. The zero-order chi connectivity index (χ0) is 26.2. The van der Waals surface area contributed by atoms with Crippen LogP contribution in [-0.2, 0) is 37.4 Å². The van der Waals surface area contributed by atoms with E-state index in [1.54, 1.807) is 24.4 Å². The second kappa shape index (κ2) is 10.5. The van der Waals surface area contributed by atoms with Crippen molar-refractivity contribution in [1.82, 2.24) is 24.4 Å². The molecule has 0 aliphatic carbocycles. The average Bonchev–Trinajstić information content (AvgIpc) is 3.21. The molecule has 1 fully saturated rings. The molecule has 2 aliphatic rings.